The molecule has 2 aromatic rings. The third-order valence-electron chi connectivity index (χ3n) is 6.44. The summed E-state index contributed by atoms with van der Waals surface area (Å²) in [7, 11) is 0. The van der Waals surface area contributed by atoms with E-state index in [4.69, 9.17) is 0 Å². The van der Waals surface area contributed by atoms with E-state index >= 15 is 0 Å². The molecule has 1 aromatic heterocycles. The molecule has 0 saturated heterocycles. The molecule has 3 aliphatic rings. The van der Waals surface area contributed by atoms with E-state index in [1.807, 2.05) is 30.2 Å². The summed E-state index contributed by atoms with van der Waals surface area (Å²) in [4.78, 5) is 41.7. The number of fused-ring (bicyclic) bond motifs is 3. The van der Waals surface area contributed by atoms with Gasteiger partial charge in [-0.3, -0.25) is 9.59 Å². The number of amides is 2. The number of carbonyl (C=O) groups is 2. The second-order valence-corrected chi connectivity index (χ2v) is 8.57. The standard InChI is InChI=1S/C22H23FN4O3.C2H6/c1-13-10-27-17-8-9-25(11-14-4-6-16(23)7-5-14)21(28)18(17)19(24-30)20(27)22(29)26(13)12-15-2-3-15;1-2/h4-7,13,15H,2-3,8-12H2,1H3;1-2H3. The molecular formula is C24H29FN4O3. The molecule has 8 heteroatoms. The van der Waals surface area contributed by atoms with Gasteiger partial charge in [-0.25, -0.2) is 4.39 Å². The largest absolute Gasteiger partial charge is 0.336 e. The number of nitroso groups, excluding NO2 is 1. The number of halogens is 1. The Balaban J connectivity index is 0.00000119. The maximum absolute atomic E-state index is 13.3. The molecule has 7 nitrogen and oxygen atoms in total. The first-order valence-corrected chi connectivity index (χ1v) is 11.4. The van der Waals surface area contributed by atoms with E-state index in [-0.39, 0.29) is 40.6 Å². The predicted octanol–water partition coefficient (Wildman–Crippen LogP) is 4.50. The molecular weight excluding hydrogens is 411 g/mol. The fourth-order valence-corrected chi connectivity index (χ4v) is 4.65. The van der Waals surface area contributed by atoms with Gasteiger partial charge in [0.2, 0.25) is 0 Å². The summed E-state index contributed by atoms with van der Waals surface area (Å²) >= 11 is 0. The normalized spacial score (nSPS) is 19.8. The van der Waals surface area contributed by atoms with E-state index in [2.05, 4.69) is 5.18 Å². The molecule has 32 heavy (non-hydrogen) atoms. The highest BCUT2D eigenvalue weighted by atomic mass is 19.1. The van der Waals surface area contributed by atoms with Crippen LogP contribution in [0, 0.1) is 16.6 Å². The van der Waals surface area contributed by atoms with Crippen molar-refractivity contribution < 1.29 is 14.0 Å². The zero-order chi connectivity index (χ0) is 23.0. The van der Waals surface area contributed by atoms with Gasteiger partial charge in [0.25, 0.3) is 11.8 Å². The summed E-state index contributed by atoms with van der Waals surface area (Å²) in [6, 6.07) is 6.01. The first-order valence-electron chi connectivity index (χ1n) is 11.4. The van der Waals surface area contributed by atoms with Gasteiger partial charge in [-0.05, 0) is 48.6 Å². The van der Waals surface area contributed by atoms with E-state index in [1.54, 1.807) is 17.0 Å². The lowest BCUT2D eigenvalue weighted by atomic mass is 10.0. The monoisotopic (exact) mass is 440 g/mol. The molecule has 5 rings (SSSR count). The van der Waals surface area contributed by atoms with Crippen LogP contribution >= 0.6 is 0 Å². The molecule has 0 spiro atoms. The van der Waals surface area contributed by atoms with E-state index in [1.165, 1.54) is 12.1 Å². The minimum absolute atomic E-state index is 0.00829. The molecule has 1 aromatic carbocycles. The van der Waals surface area contributed by atoms with Gasteiger partial charge in [0.1, 0.15) is 11.5 Å². The highest BCUT2D eigenvalue weighted by Crippen LogP contribution is 2.40. The Kier molecular flexibility index (Phi) is 6.13. The molecule has 0 bridgehead atoms. The Labute approximate surface area is 187 Å². The van der Waals surface area contributed by atoms with Crippen molar-refractivity contribution in [2.75, 3.05) is 13.1 Å². The molecule has 1 aliphatic carbocycles. The van der Waals surface area contributed by atoms with Gasteiger partial charge in [0.05, 0.1) is 5.56 Å². The number of nitrogens with zero attached hydrogens (tertiary/aromatic N) is 4. The van der Waals surface area contributed by atoms with Crippen LogP contribution in [0.4, 0.5) is 10.1 Å². The van der Waals surface area contributed by atoms with E-state index in [9.17, 15) is 18.9 Å². The lowest BCUT2D eigenvalue weighted by Gasteiger charge is -2.36. The second kappa shape index (κ2) is 8.84. The summed E-state index contributed by atoms with van der Waals surface area (Å²) in [5.41, 5.74) is 2.01. The van der Waals surface area contributed by atoms with Crippen LogP contribution in [-0.4, -0.2) is 45.3 Å². The van der Waals surface area contributed by atoms with Crippen LogP contribution in [0.15, 0.2) is 29.4 Å². The summed E-state index contributed by atoms with van der Waals surface area (Å²) in [6.45, 7) is 8.06. The number of hydrogen-bond acceptors (Lipinski definition) is 4. The zero-order valence-electron chi connectivity index (χ0n) is 18.8. The summed E-state index contributed by atoms with van der Waals surface area (Å²) in [5, 5.41) is 3.15. The topological polar surface area (TPSA) is 75.0 Å². The van der Waals surface area contributed by atoms with Gasteiger partial charge in [-0.1, -0.05) is 26.0 Å². The number of benzene rings is 1. The summed E-state index contributed by atoms with van der Waals surface area (Å²) in [6.07, 6.45) is 2.81. The Hall–Kier alpha value is -3.03. The first kappa shape index (κ1) is 22.2. The molecule has 2 amide bonds. The van der Waals surface area contributed by atoms with Crippen molar-refractivity contribution in [2.45, 2.75) is 59.2 Å². The van der Waals surface area contributed by atoms with Gasteiger partial charge in [0, 0.05) is 44.3 Å². The van der Waals surface area contributed by atoms with Crippen molar-refractivity contribution >= 4 is 17.5 Å². The van der Waals surface area contributed by atoms with E-state index in [0.29, 0.717) is 38.5 Å². The maximum atomic E-state index is 13.3. The Bertz CT molecular complexity index is 1040. The fourth-order valence-electron chi connectivity index (χ4n) is 4.65. The molecule has 2 aliphatic heterocycles. The molecule has 1 fully saturated rings. The zero-order valence-corrected chi connectivity index (χ0v) is 18.8. The Morgan fingerprint density at radius 3 is 2.41 bits per heavy atom. The summed E-state index contributed by atoms with van der Waals surface area (Å²) in [5.74, 6) is -0.302. The van der Waals surface area contributed by atoms with Crippen molar-refractivity contribution in [3.05, 3.63) is 57.5 Å². The maximum Gasteiger partial charge on any atom is 0.273 e. The quantitative estimate of drug-likeness (QED) is 0.643. The average molecular weight is 441 g/mol. The minimum atomic E-state index is -0.332. The van der Waals surface area contributed by atoms with Crippen LogP contribution in [0.3, 0.4) is 0 Å². The lowest BCUT2D eigenvalue weighted by Crippen LogP contribution is -2.47. The van der Waals surface area contributed by atoms with Crippen molar-refractivity contribution in [3.8, 4) is 0 Å². The van der Waals surface area contributed by atoms with Crippen molar-refractivity contribution in [1.82, 2.24) is 14.4 Å². The molecule has 170 valence electrons. The average Bonchev–Trinajstić information content (AvgIpc) is 3.56. The van der Waals surface area contributed by atoms with Crippen LogP contribution in [0.5, 0.6) is 0 Å². The lowest BCUT2D eigenvalue weighted by molar-refractivity contribution is 0.0598. The van der Waals surface area contributed by atoms with Crippen LogP contribution < -0.4 is 0 Å². The number of carbonyl (C=O) groups excluding carboxylic acids is 2. The van der Waals surface area contributed by atoms with Crippen molar-refractivity contribution in [3.63, 3.8) is 0 Å². The van der Waals surface area contributed by atoms with Crippen molar-refractivity contribution in [1.29, 1.82) is 0 Å². The highest BCUT2D eigenvalue weighted by molar-refractivity contribution is 6.08. The van der Waals surface area contributed by atoms with Gasteiger partial charge in [-0.15, -0.1) is 4.91 Å². The molecule has 1 atom stereocenters. The van der Waals surface area contributed by atoms with Gasteiger partial charge in [0.15, 0.2) is 5.69 Å². The number of aromatic nitrogens is 1. The van der Waals surface area contributed by atoms with Gasteiger partial charge < -0.3 is 14.4 Å². The fraction of sp³-hybridized carbons (Fsp3) is 0.500. The molecule has 1 saturated carbocycles. The minimum Gasteiger partial charge on any atom is -0.336 e. The van der Waals surface area contributed by atoms with Crippen LogP contribution in [0.1, 0.15) is 65.7 Å². The van der Waals surface area contributed by atoms with Crippen LogP contribution in [0.2, 0.25) is 0 Å². The summed E-state index contributed by atoms with van der Waals surface area (Å²) < 4.78 is 15.0. The first-order chi connectivity index (χ1) is 15.5. The third kappa shape index (κ3) is 3.82. The Morgan fingerprint density at radius 2 is 1.78 bits per heavy atom. The van der Waals surface area contributed by atoms with Crippen molar-refractivity contribution in [2.24, 2.45) is 11.1 Å². The number of hydrogen-bond donors (Lipinski definition) is 0. The Morgan fingerprint density at radius 1 is 1.09 bits per heavy atom. The second-order valence-electron chi connectivity index (χ2n) is 8.57. The third-order valence-corrected chi connectivity index (χ3v) is 6.44. The van der Waals surface area contributed by atoms with Gasteiger partial charge >= 0.3 is 0 Å². The van der Waals surface area contributed by atoms with E-state index in [0.717, 1.165) is 24.1 Å². The SMILES string of the molecule is CC.CC1Cn2c3c(c(N=O)c2C(=O)N1CC1CC1)C(=O)N(Cc1ccc(F)cc1)CC3. The van der Waals surface area contributed by atoms with Gasteiger partial charge in [-0.2, -0.15) is 0 Å². The molecule has 0 radical (unpaired) electrons. The van der Waals surface area contributed by atoms with Crippen LogP contribution in [-0.2, 0) is 19.5 Å². The molecule has 3 heterocycles. The highest BCUT2D eigenvalue weighted by Gasteiger charge is 2.42. The number of rotatable bonds is 5. The predicted molar refractivity (Wildman–Crippen MR) is 119 cm³/mol. The van der Waals surface area contributed by atoms with Crippen LogP contribution in [0.25, 0.3) is 0 Å². The molecule has 0 N–H and O–H groups in total. The smallest absolute Gasteiger partial charge is 0.273 e. The molecule has 1 unspecified atom stereocenters. The van der Waals surface area contributed by atoms with E-state index < -0.39 is 0 Å².